The van der Waals surface area contributed by atoms with Gasteiger partial charge in [-0.3, -0.25) is 0 Å². The molecule has 0 bridgehead atoms. The highest BCUT2D eigenvalue weighted by Gasteiger charge is 2.39. The van der Waals surface area contributed by atoms with E-state index in [9.17, 15) is 17.8 Å². The summed E-state index contributed by atoms with van der Waals surface area (Å²) in [5.41, 5.74) is 2.54. The number of rotatable bonds is 4. The van der Waals surface area contributed by atoms with Gasteiger partial charge in [0, 0.05) is 23.2 Å². The molecule has 29 heavy (non-hydrogen) atoms. The molecule has 0 atom stereocenters. The van der Waals surface area contributed by atoms with Crippen molar-refractivity contribution in [2.75, 3.05) is 0 Å². The van der Waals surface area contributed by atoms with Crippen molar-refractivity contribution in [3.05, 3.63) is 60.1 Å². The number of allylic oxidation sites excluding steroid dienone is 1. The lowest BCUT2D eigenvalue weighted by atomic mass is 9.68. The highest BCUT2D eigenvalue weighted by Crippen LogP contribution is 2.46. The average Bonchev–Trinajstić information content (AvgIpc) is 3.12. The zero-order valence-corrected chi connectivity index (χ0v) is 16.0. The van der Waals surface area contributed by atoms with Gasteiger partial charge in [0.2, 0.25) is 10.0 Å². The molecule has 5 rings (SSSR count). The van der Waals surface area contributed by atoms with Crippen LogP contribution in [0.4, 0.5) is 4.39 Å². The molecule has 0 spiro atoms. The van der Waals surface area contributed by atoms with Gasteiger partial charge in [0.15, 0.2) is 0 Å². The maximum absolute atomic E-state index is 13.1. The minimum atomic E-state index is -3.71. The predicted octanol–water partition coefficient (Wildman–Crippen LogP) is 2.25. The van der Waals surface area contributed by atoms with Crippen LogP contribution in [0.1, 0.15) is 18.4 Å². The molecule has 3 aromatic rings. The second kappa shape index (κ2) is 6.69. The minimum Gasteiger partial charge on any atom is -0.531 e. The van der Waals surface area contributed by atoms with Gasteiger partial charge in [-0.05, 0) is 60.6 Å². The molecule has 0 saturated heterocycles. The number of hydrogen-bond acceptors (Lipinski definition) is 5. The summed E-state index contributed by atoms with van der Waals surface area (Å²) in [5, 5.41) is 11.0. The first kappa shape index (κ1) is 18.4. The Hall–Kier alpha value is -2.69. The second-order valence-electron chi connectivity index (χ2n) is 7.31. The van der Waals surface area contributed by atoms with E-state index in [-0.39, 0.29) is 16.9 Å². The summed E-state index contributed by atoms with van der Waals surface area (Å²) in [6.07, 6.45) is 4.55. The summed E-state index contributed by atoms with van der Waals surface area (Å²) in [4.78, 5) is 7.39. The molecule has 1 aliphatic carbocycles. The summed E-state index contributed by atoms with van der Waals surface area (Å²) in [5.74, 6) is 1.78. The van der Waals surface area contributed by atoms with Crippen molar-refractivity contribution in [3.8, 4) is 5.75 Å². The first-order chi connectivity index (χ1) is 13.9. The number of aromatic nitrogens is 2. The third-order valence-electron chi connectivity index (χ3n) is 5.43. The molecule has 0 unspecified atom stereocenters. The van der Waals surface area contributed by atoms with Crippen LogP contribution in [-0.4, -0.2) is 36.6 Å². The number of fused-ring (bicyclic) bond motifs is 3. The number of sulfonamides is 1. The molecule has 2 aliphatic rings. The standard InChI is InChI=1S/C19H17BFN3O4S/c21-12-1-3-14(4-2-12)29(26,27)24-13-7-11(8-13)16-9-20(25)28-17-10-23-19-15(18(16)17)5-6-22-19/h1-6,9-11,13,24-25H,7-8H2,(H,22,23)/t11-,13+. The molecule has 0 amide bonds. The fourth-order valence-electron chi connectivity index (χ4n) is 3.99. The van der Waals surface area contributed by atoms with Crippen LogP contribution in [0, 0.1) is 11.7 Å². The molecule has 1 aromatic carbocycles. The Balaban J connectivity index is 1.36. The van der Waals surface area contributed by atoms with Crippen LogP contribution in [0.3, 0.4) is 0 Å². The first-order valence-electron chi connectivity index (χ1n) is 9.21. The molecule has 3 heterocycles. The lowest BCUT2D eigenvalue weighted by Crippen LogP contribution is -2.45. The second-order valence-corrected chi connectivity index (χ2v) is 9.02. The van der Waals surface area contributed by atoms with Crippen LogP contribution in [0.25, 0.3) is 16.6 Å². The van der Waals surface area contributed by atoms with Crippen molar-refractivity contribution in [3.63, 3.8) is 0 Å². The third kappa shape index (κ3) is 3.23. The number of aromatic amines is 1. The SMILES string of the molecule is O=S(=O)(N[C@H]1C[C@@H](C2=CB(O)Oc3cnc4[nH]ccc4c32)C1)c1ccc(F)cc1. The molecular weight excluding hydrogens is 396 g/mol. The van der Waals surface area contributed by atoms with Crippen LogP contribution in [0.2, 0.25) is 0 Å². The van der Waals surface area contributed by atoms with Gasteiger partial charge in [-0.2, -0.15) is 0 Å². The Labute approximate surface area is 166 Å². The molecule has 148 valence electrons. The lowest BCUT2D eigenvalue weighted by molar-refractivity contribution is 0.308. The Morgan fingerprint density at radius 3 is 2.76 bits per heavy atom. The summed E-state index contributed by atoms with van der Waals surface area (Å²) in [6.45, 7) is 0. The van der Waals surface area contributed by atoms with Gasteiger partial charge in [-0.15, -0.1) is 0 Å². The third-order valence-corrected chi connectivity index (χ3v) is 6.97. The maximum Gasteiger partial charge on any atom is 0.552 e. The van der Waals surface area contributed by atoms with Crippen molar-refractivity contribution >= 4 is 33.7 Å². The quantitative estimate of drug-likeness (QED) is 0.570. The summed E-state index contributed by atoms with van der Waals surface area (Å²) in [6, 6.07) is 6.42. The topological polar surface area (TPSA) is 104 Å². The number of H-pyrrole nitrogens is 1. The van der Waals surface area contributed by atoms with Gasteiger partial charge in [0.25, 0.3) is 0 Å². The van der Waals surface area contributed by atoms with E-state index in [2.05, 4.69) is 14.7 Å². The Morgan fingerprint density at radius 2 is 2.00 bits per heavy atom. The van der Waals surface area contributed by atoms with E-state index in [1.165, 1.54) is 12.1 Å². The van der Waals surface area contributed by atoms with Gasteiger partial charge in [0.1, 0.15) is 17.2 Å². The van der Waals surface area contributed by atoms with E-state index >= 15 is 0 Å². The number of nitrogens with zero attached hydrogens (tertiary/aromatic N) is 1. The molecule has 3 N–H and O–H groups in total. The summed E-state index contributed by atoms with van der Waals surface area (Å²) in [7, 11) is -4.78. The monoisotopic (exact) mass is 413 g/mol. The van der Waals surface area contributed by atoms with E-state index in [1.54, 1.807) is 18.4 Å². The normalized spacial score (nSPS) is 21.3. The fourth-order valence-corrected chi connectivity index (χ4v) is 5.25. The lowest BCUT2D eigenvalue weighted by Gasteiger charge is -2.39. The minimum absolute atomic E-state index is 0.0357. The van der Waals surface area contributed by atoms with Crippen LogP contribution in [0.5, 0.6) is 5.75 Å². The fraction of sp³-hybridized carbons (Fsp3) is 0.211. The number of hydrogen-bond donors (Lipinski definition) is 3. The predicted molar refractivity (Wildman–Crippen MR) is 106 cm³/mol. The Kier molecular flexibility index (Phi) is 4.23. The zero-order valence-electron chi connectivity index (χ0n) is 15.2. The number of nitrogens with one attached hydrogen (secondary N) is 2. The molecule has 2 aromatic heterocycles. The molecule has 1 saturated carbocycles. The van der Waals surface area contributed by atoms with Gasteiger partial charge < -0.3 is 14.7 Å². The van der Waals surface area contributed by atoms with Crippen molar-refractivity contribution < 1.29 is 22.5 Å². The highest BCUT2D eigenvalue weighted by atomic mass is 32.2. The molecule has 10 heteroatoms. The van der Waals surface area contributed by atoms with Crippen molar-refractivity contribution in [1.29, 1.82) is 0 Å². The van der Waals surface area contributed by atoms with Crippen LogP contribution < -0.4 is 9.38 Å². The first-order valence-corrected chi connectivity index (χ1v) is 10.7. The van der Waals surface area contributed by atoms with E-state index in [4.69, 9.17) is 4.65 Å². The molecular formula is C19H17BFN3O4S. The number of halogens is 1. The van der Waals surface area contributed by atoms with E-state index in [1.807, 2.05) is 6.07 Å². The van der Waals surface area contributed by atoms with Crippen molar-refractivity contribution in [2.24, 2.45) is 5.92 Å². The number of pyridine rings is 1. The van der Waals surface area contributed by atoms with Crippen LogP contribution in [-0.2, 0) is 10.0 Å². The zero-order chi connectivity index (χ0) is 20.2. The van der Waals surface area contributed by atoms with Gasteiger partial charge in [-0.1, -0.05) is 0 Å². The maximum atomic E-state index is 13.1. The Morgan fingerprint density at radius 1 is 1.24 bits per heavy atom. The summed E-state index contributed by atoms with van der Waals surface area (Å²) >= 11 is 0. The highest BCUT2D eigenvalue weighted by molar-refractivity contribution is 7.89. The molecule has 1 fully saturated rings. The number of benzene rings is 1. The average molecular weight is 413 g/mol. The molecule has 7 nitrogen and oxygen atoms in total. The summed E-state index contributed by atoms with van der Waals surface area (Å²) < 4.78 is 46.2. The largest absolute Gasteiger partial charge is 0.552 e. The van der Waals surface area contributed by atoms with Gasteiger partial charge in [-0.25, -0.2) is 22.5 Å². The van der Waals surface area contributed by atoms with E-state index < -0.39 is 23.0 Å². The van der Waals surface area contributed by atoms with Crippen molar-refractivity contribution in [2.45, 2.75) is 23.8 Å². The van der Waals surface area contributed by atoms with E-state index in [0.29, 0.717) is 18.6 Å². The smallest absolute Gasteiger partial charge is 0.531 e. The molecule has 1 aliphatic heterocycles. The molecule has 0 radical (unpaired) electrons. The van der Waals surface area contributed by atoms with Gasteiger partial charge >= 0.3 is 7.12 Å². The van der Waals surface area contributed by atoms with E-state index in [0.717, 1.165) is 34.3 Å². The van der Waals surface area contributed by atoms with Crippen LogP contribution in [0.15, 0.2) is 53.6 Å². The van der Waals surface area contributed by atoms with Gasteiger partial charge in [0.05, 0.1) is 11.1 Å². The van der Waals surface area contributed by atoms with Crippen molar-refractivity contribution in [1.82, 2.24) is 14.7 Å². The Bertz CT molecular complexity index is 1220. The van der Waals surface area contributed by atoms with Crippen LogP contribution >= 0.6 is 0 Å².